The van der Waals surface area contributed by atoms with E-state index in [1.54, 1.807) is 19.1 Å². The topological polar surface area (TPSA) is 78.4 Å². The molecule has 2 rings (SSSR count). The summed E-state index contributed by atoms with van der Waals surface area (Å²) < 4.78 is 13.0. The predicted octanol–water partition coefficient (Wildman–Crippen LogP) is 2.31. The Bertz CT molecular complexity index is 719. The molecule has 2 amide bonds. The number of carbonyl (C=O) groups excluding carboxylic acids is 2. The van der Waals surface area contributed by atoms with Crippen molar-refractivity contribution >= 4 is 17.5 Å². The Hall–Kier alpha value is -2.73. The molecule has 1 atom stereocenters. The van der Waals surface area contributed by atoms with Gasteiger partial charge in [0.1, 0.15) is 5.82 Å². The van der Waals surface area contributed by atoms with Crippen molar-refractivity contribution in [3.8, 4) is 0 Å². The Morgan fingerprint density at radius 1 is 1.12 bits per heavy atom. The lowest BCUT2D eigenvalue weighted by molar-refractivity contribution is -0.136. The first-order chi connectivity index (χ1) is 11.5. The monoisotopic (exact) mass is 330 g/mol. The highest BCUT2D eigenvalue weighted by Crippen LogP contribution is 2.16. The van der Waals surface area contributed by atoms with Crippen LogP contribution < -0.4 is 10.6 Å². The summed E-state index contributed by atoms with van der Waals surface area (Å²) in [5.41, 5.74) is 1.65. The molecule has 5 nitrogen and oxygen atoms in total. The van der Waals surface area contributed by atoms with Gasteiger partial charge in [-0.3, -0.25) is 9.59 Å². The molecule has 3 N–H and O–H groups in total. The minimum Gasteiger partial charge on any atom is -0.388 e. The summed E-state index contributed by atoms with van der Waals surface area (Å²) in [5, 5.41) is 14.9. The van der Waals surface area contributed by atoms with Gasteiger partial charge in [0.25, 0.3) is 0 Å². The average molecular weight is 330 g/mol. The number of rotatable bonds is 5. The summed E-state index contributed by atoms with van der Waals surface area (Å²) in [4.78, 5) is 23.6. The van der Waals surface area contributed by atoms with Gasteiger partial charge in [-0.25, -0.2) is 4.39 Å². The van der Waals surface area contributed by atoms with Crippen molar-refractivity contribution in [2.24, 2.45) is 0 Å². The Morgan fingerprint density at radius 3 is 2.50 bits per heavy atom. The van der Waals surface area contributed by atoms with E-state index in [1.807, 2.05) is 18.2 Å². The lowest BCUT2D eigenvalue weighted by atomic mass is 10.1. The van der Waals surface area contributed by atoms with E-state index in [4.69, 9.17) is 0 Å². The zero-order chi connectivity index (χ0) is 17.5. The van der Waals surface area contributed by atoms with Crippen molar-refractivity contribution in [1.29, 1.82) is 0 Å². The minimum atomic E-state index is -0.834. The van der Waals surface area contributed by atoms with Crippen molar-refractivity contribution in [3.05, 3.63) is 65.5 Å². The van der Waals surface area contributed by atoms with E-state index in [0.29, 0.717) is 17.7 Å². The van der Waals surface area contributed by atoms with Gasteiger partial charge >= 0.3 is 11.8 Å². The first kappa shape index (κ1) is 17.6. The number of amides is 2. The first-order valence-corrected chi connectivity index (χ1v) is 7.55. The van der Waals surface area contributed by atoms with E-state index >= 15 is 0 Å². The summed E-state index contributed by atoms with van der Waals surface area (Å²) >= 11 is 0. The molecular formula is C18H19FN2O3. The smallest absolute Gasteiger partial charge is 0.313 e. The number of hydrogen-bond donors (Lipinski definition) is 3. The number of hydrogen-bond acceptors (Lipinski definition) is 3. The van der Waals surface area contributed by atoms with Crippen molar-refractivity contribution in [2.75, 3.05) is 11.9 Å². The third kappa shape index (κ3) is 4.89. The number of aryl methyl sites for hydroxylation is 1. The lowest BCUT2D eigenvalue weighted by Crippen LogP contribution is -2.36. The first-order valence-electron chi connectivity index (χ1n) is 7.55. The van der Waals surface area contributed by atoms with Gasteiger partial charge in [0.05, 0.1) is 6.10 Å². The molecule has 0 bridgehead atoms. The van der Waals surface area contributed by atoms with Crippen molar-refractivity contribution in [2.45, 2.75) is 19.4 Å². The van der Waals surface area contributed by atoms with E-state index in [0.717, 1.165) is 5.56 Å². The SMILES string of the molecule is Cc1cc(F)ccc1NC(=O)C(=O)NCCC(O)c1ccccc1. The molecule has 24 heavy (non-hydrogen) atoms. The number of halogens is 1. The van der Waals surface area contributed by atoms with E-state index in [9.17, 15) is 19.1 Å². The molecule has 2 aromatic rings. The van der Waals surface area contributed by atoms with Gasteiger partial charge in [-0.15, -0.1) is 0 Å². The largest absolute Gasteiger partial charge is 0.388 e. The highest BCUT2D eigenvalue weighted by Gasteiger charge is 2.15. The molecular weight excluding hydrogens is 311 g/mol. The molecule has 6 heteroatoms. The van der Waals surface area contributed by atoms with E-state index in [2.05, 4.69) is 10.6 Å². The minimum absolute atomic E-state index is 0.157. The van der Waals surface area contributed by atoms with Crippen LogP contribution in [0, 0.1) is 12.7 Å². The van der Waals surface area contributed by atoms with Crippen molar-refractivity contribution in [1.82, 2.24) is 5.32 Å². The van der Waals surface area contributed by atoms with Crippen molar-refractivity contribution < 1.29 is 19.1 Å². The Kier molecular flexibility index (Phi) is 6.03. The Balaban J connectivity index is 1.80. The summed E-state index contributed by atoms with van der Waals surface area (Å²) in [6.07, 6.45) is -0.424. The third-order valence-corrected chi connectivity index (χ3v) is 3.53. The molecule has 0 saturated heterocycles. The fraction of sp³-hybridized carbons (Fsp3) is 0.222. The molecule has 0 fully saturated rings. The second-order valence-electron chi connectivity index (χ2n) is 5.38. The number of aliphatic hydroxyl groups excluding tert-OH is 1. The summed E-state index contributed by atoms with van der Waals surface area (Å²) in [6.45, 7) is 1.79. The van der Waals surface area contributed by atoms with Crippen LogP contribution in [0.25, 0.3) is 0 Å². The summed E-state index contributed by atoms with van der Waals surface area (Å²) in [5.74, 6) is -2.05. The van der Waals surface area contributed by atoms with Crippen LogP contribution in [0.5, 0.6) is 0 Å². The second-order valence-corrected chi connectivity index (χ2v) is 5.38. The molecule has 0 saturated carbocycles. The molecule has 0 aromatic heterocycles. The number of aliphatic hydroxyl groups is 1. The maximum atomic E-state index is 13.0. The molecule has 2 aromatic carbocycles. The maximum absolute atomic E-state index is 13.0. The molecule has 1 unspecified atom stereocenters. The molecule has 0 aliphatic heterocycles. The Morgan fingerprint density at radius 2 is 1.83 bits per heavy atom. The van der Waals surface area contributed by atoms with Crippen LogP contribution in [-0.2, 0) is 9.59 Å². The summed E-state index contributed by atoms with van der Waals surface area (Å²) in [7, 11) is 0. The fourth-order valence-corrected chi connectivity index (χ4v) is 2.19. The molecule has 0 aliphatic carbocycles. The van der Waals surface area contributed by atoms with Gasteiger partial charge in [-0.05, 0) is 42.7 Å². The quantitative estimate of drug-likeness (QED) is 0.736. The molecule has 126 valence electrons. The number of benzene rings is 2. The van der Waals surface area contributed by atoms with Crippen molar-refractivity contribution in [3.63, 3.8) is 0 Å². The van der Waals surface area contributed by atoms with Crippen LogP contribution in [-0.4, -0.2) is 23.5 Å². The lowest BCUT2D eigenvalue weighted by Gasteiger charge is -2.12. The van der Waals surface area contributed by atoms with Crippen LogP contribution in [0.15, 0.2) is 48.5 Å². The van der Waals surface area contributed by atoms with Gasteiger partial charge in [-0.1, -0.05) is 30.3 Å². The van der Waals surface area contributed by atoms with Crippen LogP contribution >= 0.6 is 0 Å². The van der Waals surface area contributed by atoms with Gasteiger partial charge < -0.3 is 15.7 Å². The average Bonchev–Trinajstić information content (AvgIpc) is 2.57. The summed E-state index contributed by atoms with van der Waals surface area (Å²) in [6, 6.07) is 12.9. The Labute approximate surface area is 139 Å². The number of carbonyl (C=O) groups is 2. The fourth-order valence-electron chi connectivity index (χ4n) is 2.19. The van der Waals surface area contributed by atoms with E-state index < -0.39 is 23.7 Å². The molecule has 0 heterocycles. The van der Waals surface area contributed by atoms with Crippen LogP contribution in [0.2, 0.25) is 0 Å². The normalized spacial score (nSPS) is 11.6. The maximum Gasteiger partial charge on any atom is 0.313 e. The zero-order valence-corrected chi connectivity index (χ0v) is 13.3. The number of anilines is 1. The van der Waals surface area contributed by atoms with Crippen LogP contribution in [0.4, 0.5) is 10.1 Å². The highest BCUT2D eigenvalue weighted by molar-refractivity contribution is 6.39. The molecule has 0 spiro atoms. The number of nitrogens with one attached hydrogen (secondary N) is 2. The van der Waals surface area contributed by atoms with Gasteiger partial charge in [0, 0.05) is 12.2 Å². The van der Waals surface area contributed by atoms with Gasteiger partial charge in [0.15, 0.2) is 0 Å². The molecule has 0 radical (unpaired) electrons. The van der Waals surface area contributed by atoms with E-state index in [-0.39, 0.29) is 6.54 Å². The zero-order valence-electron chi connectivity index (χ0n) is 13.3. The third-order valence-electron chi connectivity index (χ3n) is 3.53. The van der Waals surface area contributed by atoms with Gasteiger partial charge in [0.2, 0.25) is 0 Å². The van der Waals surface area contributed by atoms with Crippen LogP contribution in [0.3, 0.4) is 0 Å². The molecule has 0 aliphatic rings. The second kappa shape index (κ2) is 8.21. The van der Waals surface area contributed by atoms with Gasteiger partial charge in [-0.2, -0.15) is 0 Å². The standard InChI is InChI=1S/C18H19FN2O3/c1-12-11-14(19)7-8-15(12)21-18(24)17(23)20-10-9-16(22)13-5-3-2-4-6-13/h2-8,11,16,22H,9-10H2,1H3,(H,20,23)(H,21,24). The highest BCUT2D eigenvalue weighted by atomic mass is 19.1. The van der Waals surface area contributed by atoms with E-state index in [1.165, 1.54) is 18.2 Å². The predicted molar refractivity (Wildman–Crippen MR) is 88.8 cm³/mol. The van der Waals surface area contributed by atoms with Crippen LogP contribution in [0.1, 0.15) is 23.7 Å².